The molecule has 0 atom stereocenters. The molecule has 0 saturated carbocycles. The van der Waals surface area contributed by atoms with E-state index in [0.717, 1.165) is 22.8 Å². The van der Waals surface area contributed by atoms with Gasteiger partial charge in [0.1, 0.15) is 17.2 Å². The number of nitrogens with one attached hydrogen (secondary N) is 3. The average molecular weight is 769 g/mol. The molecule has 4 N–H and O–H groups in total. The summed E-state index contributed by atoms with van der Waals surface area (Å²) in [5, 5.41) is 16.1. The van der Waals surface area contributed by atoms with Gasteiger partial charge in [0.25, 0.3) is 0 Å². The number of nitrogens with zero attached hydrogens (tertiary/aromatic N) is 1. The van der Waals surface area contributed by atoms with Crippen LogP contribution in [0, 0.1) is 0 Å². The predicted octanol–water partition coefficient (Wildman–Crippen LogP) is 8.39. The summed E-state index contributed by atoms with van der Waals surface area (Å²) in [5.74, 6) is 0.523. The van der Waals surface area contributed by atoms with Gasteiger partial charge in [-0.1, -0.05) is 51.1 Å². The molecule has 55 heavy (non-hydrogen) atoms. The number of urea groups is 1. The van der Waals surface area contributed by atoms with Crippen molar-refractivity contribution in [1.29, 1.82) is 0 Å². The second kappa shape index (κ2) is 16.9. The third-order valence-electron chi connectivity index (χ3n) is 8.60. The van der Waals surface area contributed by atoms with Crippen LogP contribution in [0.5, 0.6) is 23.0 Å². The molecule has 0 spiro atoms. The Bertz CT molecular complexity index is 2350. The lowest BCUT2D eigenvalue weighted by atomic mass is 9.86. The number of carbonyl (C=O) groups is 3. The first-order chi connectivity index (χ1) is 26.0. The number of carboxylic acids is 1. The Morgan fingerprint density at radius 2 is 1.51 bits per heavy atom. The first-order valence-corrected chi connectivity index (χ1v) is 19.3. The number of carbonyl (C=O) groups excluding carboxylic acids is 2. The first-order valence-electron chi connectivity index (χ1n) is 17.4. The second-order valence-electron chi connectivity index (χ2n) is 13.9. The largest absolute Gasteiger partial charge is 0.496 e. The molecule has 1 heterocycles. The summed E-state index contributed by atoms with van der Waals surface area (Å²) >= 11 is 0. The molecule has 5 aromatic rings. The van der Waals surface area contributed by atoms with Crippen LogP contribution in [0.1, 0.15) is 67.2 Å². The number of Topliss-reactive ketones (excluding diaryl/α,β-unsaturated/α-hetero) is 1. The Morgan fingerprint density at radius 1 is 0.800 bits per heavy atom. The summed E-state index contributed by atoms with van der Waals surface area (Å²) in [4.78, 5) is 41.5. The molecule has 0 bridgehead atoms. The lowest BCUT2D eigenvalue weighted by Gasteiger charge is -2.24. The minimum Gasteiger partial charge on any atom is -0.496 e. The van der Waals surface area contributed by atoms with E-state index in [-0.39, 0.29) is 47.6 Å². The highest BCUT2D eigenvalue weighted by atomic mass is 32.2. The number of aromatic nitrogens is 1. The molecule has 0 aliphatic heterocycles. The van der Waals surface area contributed by atoms with E-state index in [1.54, 1.807) is 48.7 Å². The van der Waals surface area contributed by atoms with Crippen molar-refractivity contribution in [2.75, 3.05) is 35.8 Å². The molecule has 0 radical (unpaired) electrons. The Morgan fingerprint density at radius 3 is 2.18 bits per heavy atom. The lowest BCUT2D eigenvalue weighted by Crippen LogP contribution is -2.22. The van der Waals surface area contributed by atoms with Crippen LogP contribution in [0.15, 0.2) is 85.1 Å². The maximum Gasteiger partial charge on any atom is 0.323 e. The monoisotopic (exact) mass is 768 g/mol. The minimum absolute atomic E-state index is 0.0791. The number of anilines is 3. The highest BCUT2D eigenvalue weighted by molar-refractivity contribution is 7.92. The molecule has 1 aromatic heterocycles. The SMILES string of the molecule is COc1cc(Cc2cc(Oc3ccc(NC(=O)Nc4cc(C(C)(C)C)cc(NS(C)(=O)=O)c4OC)c4ccccc34)ccn2)ccc1C(=O)CCCC(=O)O. The Kier molecular flexibility index (Phi) is 12.3. The average Bonchev–Trinajstić information content (AvgIpc) is 3.11. The molecule has 0 unspecified atom stereocenters. The topological polar surface area (TPSA) is 182 Å². The maximum absolute atomic E-state index is 13.5. The number of sulfonamides is 1. The molecular formula is C41H44N4O9S. The number of pyridine rings is 1. The van der Waals surface area contributed by atoms with Gasteiger partial charge in [-0.2, -0.15) is 0 Å². The Hall–Kier alpha value is -6.15. The lowest BCUT2D eigenvalue weighted by molar-refractivity contribution is -0.137. The standard InChI is InChI=1S/C41H44N4O9S/c1-41(2,3)26-22-33(39(53-5)34(23-26)45-55(6,50)51)44-40(49)43-32-16-17-36(30-11-8-7-10-29(30)32)54-28-18-19-42-27(24-28)20-25-14-15-31(37(21-25)52-4)35(46)12-9-13-38(47)48/h7-8,10-11,14-19,21-24,45H,9,12-13,20H2,1-6H3,(H,47,48)(H2,43,44,49). The number of hydrogen-bond acceptors (Lipinski definition) is 9. The van der Waals surface area contributed by atoms with E-state index in [9.17, 15) is 22.8 Å². The van der Waals surface area contributed by atoms with Crippen LogP contribution >= 0.6 is 0 Å². The summed E-state index contributed by atoms with van der Waals surface area (Å²) in [7, 11) is -0.766. The van der Waals surface area contributed by atoms with Crippen molar-refractivity contribution in [2.45, 2.75) is 51.9 Å². The van der Waals surface area contributed by atoms with Crippen LogP contribution in [0.2, 0.25) is 0 Å². The van der Waals surface area contributed by atoms with Gasteiger partial charge in [0.2, 0.25) is 10.0 Å². The van der Waals surface area contributed by atoms with Crippen molar-refractivity contribution in [3.8, 4) is 23.0 Å². The third-order valence-corrected chi connectivity index (χ3v) is 9.19. The summed E-state index contributed by atoms with van der Waals surface area (Å²) in [6.07, 6.45) is 3.39. The molecule has 4 aromatic carbocycles. The summed E-state index contributed by atoms with van der Waals surface area (Å²) in [6, 6.07) is 22.7. The van der Waals surface area contributed by atoms with Crippen molar-refractivity contribution in [1.82, 2.24) is 4.98 Å². The number of ketones is 1. The van der Waals surface area contributed by atoms with Crippen LogP contribution in [-0.4, -0.2) is 56.8 Å². The van der Waals surface area contributed by atoms with Gasteiger partial charge < -0.3 is 30.0 Å². The second-order valence-corrected chi connectivity index (χ2v) is 15.7. The van der Waals surface area contributed by atoms with E-state index in [2.05, 4.69) is 20.3 Å². The van der Waals surface area contributed by atoms with Crippen molar-refractivity contribution < 1.29 is 42.1 Å². The molecule has 0 saturated heterocycles. The highest BCUT2D eigenvalue weighted by Crippen LogP contribution is 2.40. The third kappa shape index (κ3) is 10.5. The summed E-state index contributed by atoms with van der Waals surface area (Å²) in [5.41, 5.74) is 3.36. The first kappa shape index (κ1) is 40.0. The molecule has 2 amide bonds. The van der Waals surface area contributed by atoms with E-state index in [0.29, 0.717) is 46.0 Å². The van der Waals surface area contributed by atoms with Crippen molar-refractivity contribution in [2.24, 2.45) is 0 Å². The minimum atomic E-state index is -3.65. The van der Waals surface area contributed by atoms with Crippen LogP contribution in [-0.2, 0) is 26.7 Å². The zero-order valence-electron chi connectivity index (χ0n) is 31.5. The van der Waals surface area contributed by atoms with E-state index in [1.165, 1.54) is 14.2 Å². The molecule has 14 heteroatoms. The van der Waals surface area contributed by atoms with E-state index < -0.39 is 22.0 Å². The number of rotatable bonds is 15. The van der Waals surface area contributed by atoms with E-state index in [4.69, 9.17) is 19.3 Å². The van der Waals surface area contributed by atoms with Gasteiger partial charge in [0.15, 0.2) is 11.5 Å². The number of ether oxygens (including phenoxy) is 3. The number of carboxylic acid groups (broad SMARTS) is 1. The van der Waals surface area contributed by atoms with Gasteiger partial charge in [0.05, 0.1) is 43.1 Å². The van der Waals surface area contributed by atoms with Gasteiger partial charge in [-0.3, -0.25) is 19.3 Å². The number of hydrogen-bond donors (Lipinski definition) is 4. The van der Waals surface area contributed by atoms with Gasteiger partial charge in [-0.15, -0.1) is 0 Å². The number of fused-ring (bicyclic) bond motifs is 1. The van der Waals surface area contributed by atoms with Crippen molar-refractivity contribution >= 4 is 55.6 Å². The number of benzene rings is 4. The Labute approximate surface area is 320 Å². The van der Waals surface area contributed by atoms with Crippen LogP contribution in [0.3, 0.4) is 0 Å². The normalized spacial score (nSPS) is 11.5. The molecule has 0 aliphatic carbocycles. The molecule has 0 aliphatic rings. The van der Waals surface area contributed by atoms with Gasteiger partial charge in [-0.05, 0) is 65.4 Å². The van der Waals surface area contributed by atoms with E-state index >= 15 is 0 Å². The number of aliphatic carboxylic acids is 1. The van der Waals surface area contributed by atoms with Crippen LogP contribution in [0.25, 0.3) is 10.8 Å². The molecule has 13 nitrogen and oxygen atoms in total. The van der Waals surface area contributed by atoms with Gasteiger partial charge >= 0.3 is 12.0 Å². The maximum atomic E-state index is 13.5. The van der Waals surface area contributed by atoms with Crippen molar-refractivity contribution in [3.05, 3.63) is 107 Å². The summed E-state index contributed by atoms with van der Waals surface area (Å²) in [6.45, 7) is 5.92. The molecule has 288 valence electrons. The van der Waals surface area contributed by atoms with E-state index in [1.807, 2.05) is 57.2 Å². The predicted molar refractivity (Wildman–Crippen MR) is 213 cm³/mol. The molecule has 0 fully saturated rings. The fraction of sp³-hybridized carbons (Fsp3) is 0.268. The highest BCUT2D eigenvalue weighted by Gasteiger charge is 2.23. The van der Waals surface area contributed by atoms with Gasteiger partial charge in [0, 0.05) is 48.0 Å². The molecule has 5 rings (SSSR count). The zero-order chi connectivity index (χ0) is 39.9. The molecular weight excluding hydrogens is 725 g/mol. The smallest absolute Gasteiger partial charge is 0.323 e. The van der Waals surface area contributed by atoms with Crippen LogP contribution < -0.4 is 29.6 Å². The van der Waals surface area contributed by atoms with Crippen LogP contribution in [0.4, 0.5) is 21.9 Å². The van der Waals surface area contributed by atoms with Gasteiger partial charge in [-0.25, -0.2) is 13.2 Å². The number of methoxy groups -OCH3 is 2. The fourth-order valence-electron chi connectivity index (χ4n) is 5.96. The summed E-state index contributed by atoms with van der Waals surface area (Å²) < 4.78 is 44.2. The number of amides is 2. The quantitative estimate of drug-likeness (QED) is 0.0755. The van der Waals surface area contributed by atoms with Crippen molar-refractivity contribution in [3.63, 3.8) is 0 Å². The zero-order valence-corrected chi connectivity index (χ0v) is 32.3. The Balaban J connectivity index is 1.34. The fourth-order valence-corrected chi connectivity index (χ4v) is 6.51.